The fourth-order valence-electron chi connectivity index (χ4n) is 11.1. The lowest BCUT2D eigenvalue weighted by atomic mass is 9.42. The quantitative estimate of drug-likeness (QED) is 0.735. The number of aliphatic hydroxyl groups excluding tert-OH is 1. The van der Waals surface area contributed by atoms with Crippen LogP contribution in [0.25, 0.3) is 0 Å². The molecule has 4 nitrogen and oxygen atoms in total. The largest absolute Gasteiger partial charge is 0.393 e. The topological polar surface area (TPSA) is 41.9 Å². The second-order valence-electron chi connectivity index (χ2n) is 11.4. The summed E-state index contributed by atoms with van der Waals surface area (Å²) in [5.41, 5.74) is 1.12. The van der Waals surface area contributed by atoms with Crippen LogP contribution in [0, 0.1) is 34.0 Å². The maximum Gasteiger partial charge on any atom is 0.162 e. The molecule has 4 heteroatoms. The zero-order valence-corrected chi connectivity index (χ0v) is 14.6. The van der Waals surface area contributed by atoms with Gasteiger partial charge >= 0.3 is 0 Å². The number of piperidine rings is 2. The Morgan fingerprint density at radius 1 is 1.08 bits per heavy atom. The highest BCUT2D eigenvalue weighted by Gasteiger charge is 2.91. The Balaban J connectivity index is 1.44. The van der Waals surface area contributed by atoms with Crippen molar-refractivity contribution < 1.29 is 14.6 Å². The van der Waals surface area contributed by atoms with Crippen molar-refractivity contribution in [3.63, 3.8) is 0 Å². The van der Waals surface area contributed by atoms with Crippen LogP contribution in [0.15, 0.2) is 0 Å². The maximum atomic E-state index is 10.9. The molecular weight excluding hydrogens is 302 g/mol. The molecule has 1 unspecified atom stereocenters. The number of hydrogen-bond acceptors (Lipinski definition) is 4. The van der Waals surface area contributed by atoms with Crippen molar-refractivity contribution in [2.75, 3.05) is 6.54 Å². The lowest BCUT2D eigenvalue weighted by molar-refractivity contribution is -0.407. The van der Waals surface area contributed by atoms with E-state index in [1.54, 1.807) is 0 Å². The van der Waals surface area contributed by atoms with Gasteiger partial charge in [-0.2, -0.15) is 0 Å². The van der Waals surface area contributed by atoms with E-state index in [0.717, 1.165) is 31.2 Å². The van der Waals surface area contributed by atoms with Crippen LogP contribution >= 0.6 is 0 Å². The van der Waals surface area contributed by atoms with E-state index in [4.69, 9.17) is 9.47 Å². The molecule has 6 saturated heterocycles. The molecule has 6 aliphatic heterocycles. The summed E-state index contributed by atoms with van der Waals surface area (Å²) in [5, 5.41) is 10.9. The molecule has 10 rings (SSSR count). The van der Waals surface area contributed by atoms with Crippen molar-refractivity contribution >= 4 is 0 Å². The zero-order chi connectivity index (χ0) is 15.9. The number of ether oxygens (including phenoxy) is 2. The molecule has 4 aliphatic carbocycles. The monoisotopic (exact) mass is 329 g/mol. The minimum Gasteiger partial charge on any atom is -0.393 e. The SMILES string of the molecule is C[C@]12C[C@@H]3O[C@H](O1)[C@@H]1[C@]4(C[C@H]5[C@@H]6[C@@]7(C)C[C@H](O)C[C@]61[C@@H]([C@@H]34)N5C7)C2. The second kappa shape index (κ2) is 3.15. The van der Waals surface area contributed by atoms with Crippen molar-refractivity contribution in [2.24, 2.45) is 34.0 Å². The van der Waals surface area contributed by atoms with Gasteiger partial charge in [0, 0.05) is 42.3 Å². The van der Waals surface area contributed by atoms with Gasteiger partial charge in [0.05, 0.1) is 17.8 Å². The molecule has 2 spiro atoms. The molecule has 6 heterocycles. The highest BCUT2D eigenvalue weighted by molar-refractivity contribution is 5.39. The average molecular weight is 329 g/mol. The van der Waals surface area contributed by atoms with Crippen LogP contribution < -0.4 is 0 Å². The first kappa shape index (κ1) is 13.1. The van der Waals surface area contributed by atoms with E-state index in [0.29, 0.717) is 34.8 Å². The Bertz CT molecular complexity index is 713. The van der Waals surface area contributed by atoms with Gasteiger partial charge in [0.25, 0.3) is 0 Å². The number of aliphatic hydroxyl groups is 1. The molecule has 1 N–H and O–H groups in total. The zero-order valence-electron chi connectivity index (χ0n) is 14.6. The predicted octanol–water partition coefficient (Wildman–Crippen LogP) is 1.76. The van der Waals surface area contributed by atoms with Crippen LogP contribution in [0.2, 0.25) is 0 Å². The Morgan fingerprint density at radius 2 is 1.96 bits per heavy atom. The van der Waals surface area contributed by atoms with Crippen molar-refractivity contribution in [3.05, 3.63) is 0 Å². The molecule has 13 atom stereocenters. The molecule has 0 radical (unpaired) electrons. The third kappa shape index (κ3) is 0.952. The summed E-state index contributed by atoms with van der Waals surface area (Å²) in [4.78, 5) is 2.92. The third-order valence-electron chi connectivity index (χ3n) is 10.4. The summed E-state index contributed by atoms with van der Waals surface area (Å²) in [6, 6.07) is 1.47. The first-order chi connectivity index (χ1) is 11.4. The summed E-state index contributed by atoms with van der Waals surface area (Å²) in [5.74, 6) is 2.04. The summed E-state index contributed by atoms with van der Waals surface area (Å²) < 4.78 is 13.1. The van der Waals surface area contributed by atoms with Gasteiger partial charge in [0.15, 0.2) is 6.29 Å². The normalized spacial score (nSPS) is 80.9. The maximum absolute atomic E-state index is 10.9. The van der Waals surface area contributed by atoms with Crippen LogP contribution in [0.1, 0.15) is 46.0 Å². The summed E-state index contributed by atoms with van der Waals surface area (Å²) in [6.45, 7) is 6.04. The molecule has 4 saturated carbocycles. The molecule has 10 aliphatic rings. The lowest BCUT2D eigenvalue weighted by Crippen LogP contribution is -2.72. The Hall–Kier alpha value is -0.160. The third-order valence-corrected chi connectivity index (χ3v) is 10.4. The Kier molecular flexibility index (Phi) is 1.71. The summed E-state index contributed by atoms with van der Waals surface area (Å²) in [6.07, 6.45) is 6.08. The van der Waals surface area contributed by atoms with Crippen molar-refractivity contribution in [1.29, 1.82) is 0 Å². The molecular formula is C20H27NO3. The Morgan fingerprint density at radius 3 is 2.83 bits per heavy atom. The van der Waals surface area contributed by atoms with Crippen LogP contribution in [0.4, 0.5) is 0 Å². The van der Waals surface area contributed by atoms with Gasteiger partial charge < -0.3 is 14.6 Å². The first-order valence-corrected chi connectivity index (χ1v) is 10.2. The summed E-state index contributed by atoms with van der Waals surface area (Å²) >= 11 is 0. The van der Waals surface area contributed by atoms with E-state index in [2.05, 4.69) is 18.7 Å². The average Bonchev–Trinajstić information content (AvgIpc) is 2.86. The van der Waals surface area contributed by atoms with E-state index < -0.39 is 0 Å². The van der Waals surface area contributed by atoms with Gasteiger partial charge in [-0.15, -0.1) is 0 Å². The number of hydrogen-bond donors (Lipinski definition) is 1. The van der Waals surface area contributed by atoms with E-state index in [1.807, 2.05) is 0 Å². The van der Waals surface area contributed by atoms with Crippen molar-refractivity contribution in [3.8, 4) is 0 Å². The van der Waals surface area contributed by atoms with E-state index in [-0.39, 0.29) is 23.4 Å². The second-order valence-corrected chi connectivity index (χ2v) is 11.4. The van der Waals surface area contributed by atoms with Gasteiger partial charge in [-0.1, -0.05) is 6.92 Å². The summed E-state index contributed by atoms with van der Waals surface area (Å²) in [7, 11) is 0. The van der Waals surface area contributed by atoms with Crippen molar-refractivity contribution in [2.45, 2.75) is 82.1 Å². The van der Waals surface area contributed by atoms with Gasteiger partial charge in [-0.25, -0.2) is 0 Å². The van der Waals surface area contributed by atoms with Crippen LogP contribution in [-0.4, -0.2) is 52.7 Å². The van der Waals surface area contributed by atoms with E-state index in [1.165, 1.54) is 19.4 Å². The number of rotatable bonds is 0. The Labute approximate surface area is 142 Å². The molecule has 11 bridgehead atoms. The highest BCUT2D eigenvalue weighted by atomic mass is 16.7. The van der Waals surface area contributed by atoms with Crippen molar-refractivity contribution in [1.82, 2.24) is 4.90 Å². The van der Waals surface area contributed by atoms with Gasteiger partial charge in [-0.3, -0.25) is 4.90 Å². The minimum absolute atomic E-state index is 0.0137. The van der Waals surface area contributed by atoms with Gasteiger partial charge in [0.2, 0.25) is 0 Å². The highest BCUT2D eigenvalue weighted by Crippen LogP contribution is 2.87. The number of nitrogens with zero attached hydrogens (tertiary/aromatic N) is 1. The molecule has 0 aromatic heterocycles. The van der Waals surface area contributed by atoms with Gasteiger partial charge in [0.1, 0.15) is 0 Å². The molecule has 0 aromatic carbocycles. The molecule has 10 fully saturated rings. The smallest absolute Gasteiger partial charge is 0.162 e. The lowest BCUT2D eigenvalue weighted by Gasteiger charge is -2.69. The van der Waals surface area contributed by atoms with Gasteiger partial charge in [-0.05, 0) is 49.4 Å². The molecule has 24 heavy (non-hydrogen) atoms. The molecule has 0 amide bonds. The fraction of sp³-hybridized carbons (Fsp3) is 1.00. The standard InChI is InChI=1S/C20H27NO3/c1-17-3-9(22)4-20-13(17)10-5-19-7-18(2)6-11(23-16(24-18)14(19)20)12(19)15(20)21(10)8-17/h9-16,22H,3-8H2,1-2H3/t9-,10-,11-,12+,13+,14+,15+,16+,17-,18+,19+,20-/m0/s1. The predicted molar refractivity (Wildman–Crippen MR) is 85.0 cm³/mol. The molecule has 0 aromatic rings. The van der Waals surface area contributed by atoms with Crippen LogP contribution in [0.5, 0.6) is 0 Å². The minimum atomic E-state index is -0.115. The van der Waals surface area contributed by atoms with E-state index >= 15 is 0 Å². The fourth-order valence-corrected chi connectivity index (χ4v) is 11.1. The molecule has 130 valence electrons. The first-order valence-electron chi connectivity index (χ1n) is 10.2. The van der Waals surface area contributed by atoms with Crippen LogP contribution in [0.3, 0.4) is 0 Å². The van der Waals surface area contributed by atoms with E-state index in [9.17, 15) is 5.11 Å². The van der Waals surface area contributed by atoms with Crippen LogP contribution in [-0.2, 0) is 9.47 Å².